The summed E-state index contributed by atoms with van der Waals surface area (Å²) in [6, 6.07) is 31.3. The number of amides is 1. The Bertz CT molecular complexity index is 1860. The van der Waals surface area contributed by atoms with E-state index in [4.69, 9.17) is 4.74 Å². The summed E-state index contributed by atoms with van der Waals surface area (Å²) >= 11 is 6.24. The fraction of sp³-hybridized carbons (Fsp3) is 0.118. The van der Waals surface area contributed by atoms with E-state index in [2.05, 4.69) is 32.2 Å². The molecule has 1 saturated heterocycles. The van der Waals surface area contributed by atoms with E-state index in [0.717, 1.165) is 21.2 Å². The summed E-state index contributed by atoms with van der Waals surface area (Å²) in [7, 11) is 0. The van der Waals surface area contributed by atoms with Gasteiger partial charge in [-0.1, -0.05) is 111 Å². The third-order valence-electron chi connectivity index (χ3n) is 7.03. The maximum atomic E-state index is 13.5. The first-order valence-electron chi connectivity index (χ1n) is 13.7. The molecule has 7 nitrogen and oxygen atoms in total. The highest BCUT2D eigenvalue weighted by Crippen LogP contribution is 2.44. The van der Waals surface area contributed by atoms with Gasteiger partial charge in [0, 0.05) is 15.8 Å². The Kier molecular flexibility index (Phi) is 8.92. The molecule has 44 heavy (non-hydrogen) atoms. The van der Waals surface area contributed by atoms with E-state index in [-0.39, 0.29) is 16.5 Å². The molecular formula is C34H26BrN3O4S2. The van der Waals surface area contributed by atoms with Crippen molar-refractivity contribution in [2.24, 2.45) is 0 Å². The molecule has 0 bridgehead atoms. The van der Waals surface area contributed by atoms with Crippen LogP contribution < -0.4 is 9.64 Å². The molecule has 6 rings (SSSR count). The number of ether oxygens (including phenoxy) is 1. The SMILES string of the molecule is Cc1cccc(COc2ccc(C(O)=C3C(=O)C(=O)N(c4nnc(SCc5ccccc5)s4)C3c3cccc(Br)c3)cc2)c1. The average molecular weight is 685 g/mol. The minimum atomic E-state index is -0.898. The highest BCUT2D eigenvalue weighted by molar-refractivity contribution is 9.10. The lowest BCUT2D eigenvalue weighted by molar-refractivity contribution is -0.132. The standard InChI is InChI=1S/C34H26BrN3O4S2/c1-21-7-5-10-23(17-21)19-42-27-15-13-24(14-16-27)30(39)28-29(25-11-6-12-26(35)18-25)38(32(41)31(28)40)33-36-37-34(44-33)43-20-22-8-3-2-4-9-22/h2-18,29,39H,19-20H2,1H3. The highest BCUT2D eigenvalue weighted by Gasteiger charge is 2.48. The first-order chi connectivity index (χ1) is 21.4. The summed E-state index contributed by atoms with van der Waals surface area (Å²) in [6.07, 6.45) is 0. The summed E-state index contributed by atoms with van der Waals surface area (Å²) in [4.78, 5) is 28.4. The van der Waals surface area contributed by atoms with E-state index in [1.54, 1.807) is 24.3 Å². The summed E-state index contributed by atoms with van der Waals surface area (Å²) < 4.78 is 7.36. The molecule has 1 aliphatic rings. The number of aliphatic hydroxyl groups excluding tert-OH is 1. The van der Waals surface area contributed by atoms with Crippen LogP contribution in [0.3, 0.4) is 0 Å². The number of halogens is 1. The number of carbonyl (C=O) groups excluding carboxylic acids is 2. The van der Waals surface area contributed by atoms with Gasteiger partial charge in [-0.25, -0.2) is 0 Å². The molecule has 5 aromatic rings. The zero-order valence-corrected chi connectivity index (χ0v) is 26.7. The minimum Gasteiger partial charge on any atom is -0.507 e. The van der Waals surface area contributed by atoms with Crippen LogP contribution in [0.15, 0.2) is 118 Å². The molecule has 0 saturated carbocycles. The molecule has 0 aliphatic carbocycles. The second-order valence-corrected chi connectivity index (χ2v) is 13.2. The van der Waals surface area contributed by atoms with Crippen molar-refractivity contribution >= 4 is 61.6 Å². The number of Topliss-reactive ketones (excluding diaryl/α,β-unsaturated/α-hetero) is 1. The van der Waals surface area contributed by atoms with Gasteiger partial charge in [0.1, 0.15) is 18.1 Å². The van der Waals surface area contributed by atoms with Crippen molar-refractivity contribution in [3.63, 3.8) is 0 Å². The smallest absolute Gasteiger partial charge is 0.301 e. The van der Waals surface area contributed by atoms with Crippen molar-refractivity contribution in [2.45, 2.75) is 29.7 Å². The van der Waals surface area contributed by atoms with Gasteiger partial charge in [0.25, 0.3) is 5.78 Å². The number of aromatic nitrogens is 2. The predicted molar refractivity (Wildman–Crippen MR) is 177 cm³/mol. The topological polar surface area (TPSA) is 92.6 Å². The number of rotatable bonds is 9. The number of hydrogen-bond donors (Lipinski definition) is 1. The Labute approximate surface area is 271 Å². The molecule has 1 fully saturated rings. The Morgan fingerprint density at radius 1 is 0.932 bits per heavy atom. The Hall–Kier alpha value is -4.25. The molecule has 1 amide bonds. The minimum absolute atomic E-state index is 0.0183. The molecule has 1 aromatic heterocycles. The van der Waals surface area contributed by atoms with Crippen molar-refractivity contribution in [1.82, 2.24) is 10.2 Å². The van der Waals surface area contributed by atoms with E-state index in [1.165, 1.54) is 28.0 Å². The number of nitrogens with zero attached hydrogens (tertiary/aromatic N) is 3. The van der Waals surface area contributed by atoms with Crippen LogP contribution in [-0.4, -0.2) is 27.0 Å². The third kappa shape index (κ3) is 6.47. The molecule has 220 valence electrons. The van der Waals surface area contributed by atoms with Gasteiger partial charge in [-0.15, -0.1) is 10.2 Å². The molecule has 10 heteroatoms. The number of benzene rings is 4. The largest absolute Gasteiger partial charge is 0.507 e. The van der Waals surface area contributed by atoms with Crippen molar-refractivity contribution < 1.29 is 19.4 Å². The van der Waals surface area contributed by atoms with Gasteiger partial charge in [0.05, 0.1) is 11.6 Å². The van der Waals surface area contributed by atoms with Crippen molar-refractivity contribution in [3.05, 3.63) is 141 Å². The van der Waals surface area contributed by atoms with Gasteiger partial charge in [0.15, 0.2) is 4.34 Å². The number of carbonyl (C=O) groups is 2. The zero-order valence-electron chi connectivity index (χ0n) is 23.5. The molecular weight excluding hydrogens is 658 g/mol. The molecule has 1 unspecified atom stereocenters. The fourth-order valence-corrected chi connectivity index (χ4v) is 7.17. The van der Waals surface area contributed by atoms with Crippen LogP contribution in [0.5, 0.6) is 5.75 Å². The Morgan fingerprint density at radius 2 is 1.68 bits per heavy atom. The van der Waals surface area contributed by atoms with E-state index in [1.807, 2.05) is 79.7 Å². The highest BCUT2D eigenvalue weighted by atomic mass is 79.9. The van der Waals surface area contributed by atoms with Crippen LogP contribution in [-0.2, 0) is 21.9 Å². The fourth-order valence-electron chi connectivity index (χ4n) is 4.93. The van der Waals surface area contributed by atoms with E-state index in [9.17, 15) is 14.7 Å². The second-order valence-electron chi connectivity index (χ2n) is 10.2. The van der Waals surface area contributed by atoms with Crippen LogP contribution in [0.4, 0.5) is 5.13 Å². The third-order valence-corrected chi connectivity index (χ3v) is 9.65. The van der Waals surface area contributed by atoms with E-state index < -0.39 is 17.7 Å². The summed E-state index contributed by atoms with van der Waals surface area (Å²) in [5.74, 6) is -0.536. The number of ketones is 1. The summed E-state index contributed by atoms with van der Waals surface area (Å²) in [6.45, 7) is 2.43. The molecule has 2 heterocycles. The Balaban J connectivity index is 1.30. The van der Waals surface area contributed by atoms with Crippen molar-refractivity contribution in [2.75, 3.05) is 4.90 Å². The van der Waals surface area contributed by atoms with Crippen LogP contribution in [0.25, 0.3) is 5.76 Å². The number of anilines is 1. The van der Waals surface area contributed by atoms with E-state index >= 15 is 0 Å². The van der Waals surface area contributed by atoms with Crippen molar-refractivity contribution in [1.29, 1.82) is 0 Å². The maximum Gasteiger partial charge on any atom is 0.301 e. The van der Waals surface area contributed by atoms with Crippen LogP contribution in [0, 0.1) is 6.92 Å². The average Bonchev–Trinajstić information content (AvgIpc) is 3.61. The molecule has 4 aromatic carbocycles. The quantitative estimate of drug-likeness (QED) is 0.0552. The molecule has 0 spiro atoms. The van der Waals surface area contributed by atoms with Crippen LogP contribution >= 0.6 is 39.0 Å². The molecule has 1 aliphatic heterocycles. The first-order valence-corrected chi connectivity index (χ1v) is 16.3. The zero-order chi connectivity index (χ0) is 30.6. The van der Waals surface area contributed by atoms with E-state index in [0.29, 0.717) is 33.6 Å². The summed E-state index contributed by atoms with van der Waals surface area (Å²) in [5, 5.41) is 20.4. The summed E-state index contributed by atoms with van der Waals surface area (Å²) in [5.41, 5.74) is 4.35. The van der Waals surface area contributed by atoms with Crippen LogP contribution in [0.2, 0.25) is 0 Å². The number of hydrogen-bond acceptors (Lipinski definition) is 8. The predicted octanol–water partition coefficient (Wildman–Crippen LogP) is 8.11. The lowest BCUT2D eigenvalue weighted by Gasteiger charge is -2.22. The van der Waals surface area contributed by atoms with Crippen LogP contribution in [0.1, 0.15) is 33.9 Å². The number of thioether (sulfide) groups is 1. The molecule has 0 radical (unpaired) electrons. The first kappa shape index (κ1) is 29.8. The lowest BCUT2D eigenvalue weighted by atomic mass is 9.95. The van der Waals surface area contributed by atoms with Gasteiger partial charge in [-0.3, -0.25) is 14.5 Å². The monoisotopic (exact) mass is 683 g/mol. The van der Waals surface area contributed by atoms with Gasteiger partial charge < -0.3 is 9.84 Å². The molecule has 1 atom stereocenters. The second kappa shape index (κ2) is 13.2. The maximum absolute atomic E-state index is 13.5. The van der Waals surface area contributed by atoms with Gasteiger partial charge in [-0.05, 0) is 60.0 Å². The Morgan fingerprint density at radius 3 is 2.43 bits per heavy atom. The van der Waals surface area contributed by atoms with Gasteiger partial charge in [-0.2, -0.15) is 0 Å². The number of aryl methyl sites for hydroxylation is 1. The number of aliphatic hydroxyl groups is 1. The lowest BCUT2D eigenvalue weighted by Crippen LogP contribution is -2.29. The molecule has 1 N–H and O–H groups in total. The van der Waals surface area contributed by atoms with Gasteiger partial charge >= 0.3 is 5.91 Å². The van der Waals surface area contributed by atoms with Crippen molar-refractivity contribution in [3.8, 4) is 5.75 Å². The normalized spacial score (nSPS) is 16.0. The van der Waals surface area contributed by atoms with Gasteiger partial charge in [0.2, 0.25) is 5.13 Å².